The van der Waals surface area contributed by atoms with E-state index in [1.807, 2.05) is 12.1 Å². The first-order valence-electron chi connectivity index (χ1n) is 10.9. The second kappa shape index (κ2) is 13.9. The van der Waals surface area contributed by atoms with Crippen molar-refractivity contribution in [2.45, 2.75) is 32.8 Å². The highest BCUT2D eigenvalue weighted by atomic mass is 35.5. The van der Waals surface area contributed by atoms with Crippen LogP contribution in [0.4, 0.5) is 5.82 Å². The standard InChI is InChI=1S/C26H31N3O3.2ClH/c1-17(2)13-22-14-20(7-9-23(22)26(31)32)19-5-3-18(4-6-19)11-12-28-16-24(30)21-8-10-25(27)29-15-21;;/h3-10,14-15,17,24,28,30H,11-13,16H2,1-2H3,(H2,27,29)(H,31,32);2*1H/t24-;;/m0../s1. The summed E-state index contributed by atoms with van der Waals surface area (Å²) < 4.78 is 0. The number of nitrogen functional groups attached to an aromatic ring is 1. The van der Waals surface area contributed by atoms with Crippen molar-refractivity contribution >= 4 is 36.6 Å². The van der Waals surface area contributed by atoms with E-state index in [1.54, 1.807) is 24.4 Å². The molecule has 0 aliphatic carbocycles. The van der Waals surface area contributed by atoms with Crippen LogP contribution in [0.1, 0.15) is 47.0 Å². The molecule has 0 saturated carbocycles. The lowest BCUT2D eigenvalue weighted by atomic mass is 9.93. The Bertz CT molecular complexity index is 1040. The summed E-state index contributed by atoms with van der Waals surface area (Å²) >= 11 is 0. The maximum absolute atomic E-state index is 11.5. The summed E-state index contributed by atoms with van der Waals surface area (Å²) in [5.74, 6) is -0.0628. The first kappa shape index (κ1) is 29.4. The molecule has 0 aliphatic heterocycles. The van der Waals surface area contributed by atoms with E-state index in [4.69, 9.17) is 5.73 Å². The molecule has 5 N–H and O–H groups in total. The molecule has 184 valence electrons. The fourth-order valence-electron chi connectivity index (χ4n) is 3.66. The maximum Gasteiger partial charge on any atom is 0.335 e. The van der Waals surface area contributed by atoms with Gasteiger partial charge in [-0.3, -0.25) is 0 Å². The van der Waals surface area contributed by atoms with Crippen LogP contribution in [-0.2, 0) is 12.8 Å². The van der Waals surface area contributed by atoms with E-state index in [2.05, 4.69) is 48.4 Å². The van der Waals surface area contributed by atoms with Crippen molar-refractivity contribution in [1.29, 1.82) is 0 Å². The van der Waals surface area contributed by atoms with Crippen LogP contribution in [0.25, 0.3) is 11.1 Å². The van der Waals surface area contributed by atoms with Gasteiger partial charge in [0.25, 0.3) is 0 Å². The summed E-state index contributed by atoms with van der Waals surface area (Å²) in [7, 11) is 0. The number of carboxylic acid groups (broad SMARTS) is 1. The van der Waals surface area contributed by atoms with Gasteiger partial charge in [-0.2, -0.15) is 0 Å². The van der Waals surface area contributed by atoms with Crippen molar-refractivity contribution in [3.05, 3.63) is 83.0 Å². The molecule has 1 heterocycles. The van der Waals surface area contributed by atoms with Crippen molar-refractivity contribution in [3.8, 4) is 11.1 Å². The Morgan fingerprint density at radius 1 is 1.03 bits per heavy atom. The number of aliphatic hydroxyl groups is 1. The first-order valence-corrected chi connectivity index (χ1v) is 10.9. The Morgan fingerprint density at radius 3 is 2.29 bits per heavy atom. The fourth-order valence-corrected chi connectivity index (χ4v) is 3.66. The number of carbonyl (C=O) groups is 1. The van der Waals surface area contributed by atoms with E-state index in [0.717, 1.165) is 41.6 Å². The molecule has 0 spiro atoms. The molecule has 0 unspecified atom stereocenters. The Hall–Kier alpha value is -2.64. The van der Waals surface area contributed by atoms with Crippen LogP contribution in [0.5, 0.6) is 0 Å². The van der Waals surface area contributed by atoms with Gasteiger partial charge in [-0.25, -0.2) is 9.78 Å². The highest BCUT2D eigenvalue weighted by molar-refractivity contribution is 5.90. The van der Waals surface area contributed by atoms with Crippen molar-refractivity contribution in [1.82, 2.24) is 10.3 Å². The number of nitrogens with two attached hydrogens (primary N) is 1. The lowest BCUT2D eigenvalue weighted by molar-refractivity contribution is 0.0695. The van der Waals surface area contributed by atoms with E-state index in [-0.39, 0.29) is 24.8 Å². The van der Waals surface area contributed by atoms with Crippen molar-refractivity contribution in [2.24, 2.45) is 5.92 Å². The zero-order valence-corrected chi connectivity index (χ0v) is 21.0. The zero-order valence-electron chi connectivity index (χ0n) is 19.4. The van der Waals surface area contributed by atoms with E-state index >= 15 is 0 Å². The van der Waals surface area contributed by atoms with Crippen LogP contribution >= 0.6 is 24.8 Å². The molecule has 3 rings (SSSR count). The van der Waals surface area contributed by atoms with E-state index in [1.165, 1.54) is 5.56 Å². The van der Waals surface area contributed by atoms with E-state index in [0.29, 0.717) is 23.8 Å². The van der Waals surface area contributed by atoms with Crippen molar-refractivity contribution < 1.29 is 15.0 Å². The highest BCUT2D eigenvalue weighted by Gasteiger charge is 2.13. The number of aromatic carboxylic acids is 1. The second-order valence-corrected chi connectivity index (χ2v) is 8.46. The molecule has 8 heteroatoms. The van der Waals surface area contributed by atoms with Gasteiger partial charge >= 0.3 is 5.97 Å². The van der Waals surface area contributed by atoms with Gasteiger partial charge in [0.2, 0.25) is 0 Å². The molecule has 0 bridgehead atoms. The maximum atomic E-state index is 11.5. The van der Waals surface area contributed by atoms with Crippen LogP contribution in [0.2, 0.25) is 0 Å². The monoisotopic (exact) mass is 505 g/mol. The minimum absolute atomic E-state index is 0. The predicted octanol–water partition coefficient (Wildman–Crippen LogP) is 4.94. The number of hydrogen-bond donors (Lipinski definition) is 4. The summed E-state index contributed by atoms with van der Waals surface area (Å²) in [6.45, 7) is 5.36. The largest absolute Gasteiger partial charge is 0.478 e. The van der Waals surface area contributed by atoms with Crippen LogP contribution < -0.4 is 11.1 Å². The molecule has 0 saturated heterocycles. The Balaban J connectivity index is 0.00000289. The summed E-state index contributed by atoms with van der Waals surface area (Å²) in [6, 6.07) is 17.3. The van der Waals surface area contributed by atoms with Gasteiger partial charge in [0.15, 0.2) is 0 Å². The number of hydrogen-bond acceptors (Lipinski definition) is 5. The van der Waals surface area contributed by atoms with Gasteiger partial charge in [0.05, 0.1) is 11.7 Å². The smallest absolute Gasteiger partial charge is 0.335 e. The molecule has 6 nitrogen and oxygen atoms in total. The van der Waals surface area contributed by atoms with Crippen LogP contribution in [0.3, 0.4) is 0 Å². The normalized spacial score (nSPS) is 11.4. The van der Waals surface area contributed by atoms with Crippen molar-refractivity contribution in [3.63, 3.8) is 0 Å². The van der Waals surface area contributed by atoms with Crippen LogP contribution in [-0.4, -0.2) is 34.3 Å². The minimum atomic E-state index is -0.882. The van der Waals surface area contributed by atoms with Crippen molar-refractivity contribution in [2.75, 3.05) is 18.8 Å². The Kier molecular flexibility index (Phi) is 12.0. The lowest BCUT2D eigenvalue weighted by Gasteiger charge is -2.13. The number of benzene rings is 2. The molecule has 0 radical (unpaired) electrons. The molecule has 3 aromatic rings. The van der Waals surface area contributed by atoms with Gasteiger partial charge in [0.1, 0.15) is 5.82 Å². The molecule has 1 aromatic heterocycles. The zero-order chi connectivity index (χ0) is 23.1. The number of aliphatic hydroxyl groups excluding tert-OH is 1. The van der Waals surface area contributed by atoms with Gasteiger partial charge in [-0.1, -0.05) is 56.3 Å². The molecule has 0 fully saturated rings. The molecule has 0 amide bonds. The van der Waals surface area contributed by atoms with Gasteiger partial charge in [-0.15, -0.1) is 24.8 Å². The third kappa shape index (κ3) is 8.29. The number of nitrogens with one attached hydrogen (secondary N) is 1. The van der Waals surface area contributed by atoms with E-state index in [9.17, 15) is 15.0 Å². The Labute approximate surface area is 213 Å². The average molecular weight is 506 g/mol. The molecular weight excluding hydrogens is 473 g/mol. The van der Waals surface area contributed by atoms with Gasteiger partial charge < -0.3 is 21.3 Å². The first-order chi connectivity index (χ1) is 15.3. The summed E-state index contributed by atoms with van der Waals surface area (Å²) in [5.41, 5.74) is 10.8. The molecule has 34 heavy (non-hydrogen) atoms. The Morgan fingerprint density at radius 2 is 1.71 bits per heavy atom. The SMILES string of the molecule is CC(C)Cc1cc(-c2ccc(CCNC[C@H](O)c3ccc(N)nc3)cc2)ccc1C(=O)O.Cl.Cl. The number of pyridine rings is 1. The number of halogens is 2. The third-order valence-electron chi connectivity index (χ3n) is 5.37. The highest BCUT2D eigenvalue weighted by Crippen LogP contribution is 2.25. The topological polar surface area (TPSA) is 108 Å². The van der Waals surface area contributed by atoms with Gasteiger partial charge in [-0.05, 0) is 59.7 Å². The molecule has 0 aliphatic rings. The number of aromatic nitrogens is 1. The van der Waals surface area contributed by atoms with E-state index < -0.39 is 12.1 Å². The fraction of sp³-hybridized carbons (Fsp3) is 0.308. The summed E-state index contributed by atoms with van der Waals surface area (Å²) in [4.78, 5) is 15.5. The predicted molar refractivity (Wildman–Crippen MR) is 142 cm³/mol. The molecule has 2 aromatic carbocycles. The number of nitrogens with zero attached hydrogens (tertiary/aromatic N) is 1. The minimum Gasteiger partial charge on any atom is -0.478 e. The van der Waals surface area contributed by atoms with Crippen LogP contribution in [0, 0.1) is 5.92 Å². The summed E-state index contributed by atoms with van der Waals surface area (Å²) in [5, 5.41) is 23.0. The number of anilines is 1. The molecule has 1 atom stereocenters. The quantitative estimate of drug-likeness (QED) is 0.290. The third-order valence-corrected chi connectivity index (χ3v) is 5.37. The average Bonchev–Trinajstić information content (AvgIpc) is 2.77. The molecular formula is C26H33Cl2N3O3. The number of carboxylic acids is 1. The lowest BCUT2D eigenvalue weighted by Crippen LogP contribution is -2.23. The number of rotatable bonds is 10. The second-order valence-electron chi connectivity index (χ2n) is 8.46. The summed E-state index contributed by atoms with van der Waals surface area (Å²) in [6.07, 6.45) is 2.54. The van der Waals surface area contributed by atoms with Crippen LogP contribution in [0.15, 0.2) is 60.8 Å². The van der Waals surface area contributed by atoms with Gasteiger partial charge in [0, 0.05) is 18.3 Å².